The van der Waals surface area contributed by atoms with E-state index in [0.717, 1.165) is 23.8 Å². The lowest BCUT2D eigenvalue weighted by Gasteiger charge is -2.20. The van der Waals surface area contributed by atoms with Crippen LogP contribution in [0.1, 0.15) is 15.9 Å². The van der Waals surface area contributed by atoms with Crippen LogP contribution < -0.4 is 19.1 Å². The van der Waals surface area contributed by atoms with Crippen molar-refractivity contribution < 1.29 is 27.1 Å². The van der Waals surface area contributed by atoms with Crippen molar-refractivity contribution in [2.75, 3.05) is 30.4 Å². The molecule has 4 rings (SSSR count). The van der Waals surface area contributed by atoms with E-state index in [4.69, 9.17) is 9.47 Å². The number of ether oxygens (including phenoxy) is 2. The van der Waals surface area contributed by atoms with Crippen molar-refractivity contribution in [1.82, 2.24) is 0 Å². The van der Waals surface area contributed by atoms with Gasteiger partial charge in [-0.2, -0.15) is 0 Å². The zero-order valence-corrected chi connectivity index (χ0v) is 18.3. The first-order valence-corrected chi connectivity index (χ1v) is 11.2. The Hall–Kier alpha value is -3.59. The van der Waals surface area contributed by atoms with Gasteiger partial charge in [0.1, 0.15) is 17.3 Å². The molecule has 0 bridgehead atoms. The maximum Gasteiger partial charge on any atom is 0.264 e. The minimum atomic E-state index is -3.98. The molecule has 0 unspecified atom stereocenters. The Bertz CT molecular complexity index is 1290. The van der Waals surface area contributed by atoms with E-state index in [1.165, 1.54) is 24.6 Å². The van der Waals surface area contributed by atoms with E-state index in [2.05, 4.69) is 5.32 Å². The van der Waals surface area contributed by atoms with Crippen molar-refractivity contribution in [3.63, 3.8) is 0 Å². The summed E-state index contributed by atoms with van der Waals surface area (Å²) in [5, 5.41) is 2.56. The summed E-state index contributed by atoms with van der Waals surface area (Å²) in [7, 11) is -1.08. The molecule has 0 saturated carbocycles. The third kappa shape index (κ3) is 3.87. The third-order valence-electron chi connectivity index (χ3n) is 5.27. The molecular weight excluding hydrogens is 435 g/mol. The van der Waals surface area contributed by atoms with Gasteiger partial charge in [-0.3, -0.25) is 9.10 Å². The van der Waals surface area contributed by atoms with Crippen LogP contribution in [0.25, 0.3) is 0 Å². The third-order valence-corrected chi connectivity index (χ3v) is 7.08. The van der Waals surface area contributed by atoms with Gasteiger partial charge in [-0.25, -0.2) is 12.8 Å². The van der Waals surface area contributed by atoms with Crippen LogP contribution >= 0.6 is 0 Å². The fourth-order valence-corrected chi connectivity index (χ4v) is 5.16. The molecule has 3 aromatic carbocycles. The van der Waals surface area contributed by atoms with Crippen LogP contribution in [0.2, 0.25) is 0 Å². The first kappa shape index (κ1) is 21.6. The number of sulfonamides is 1. The predicted molar refractivity (Wildman–Crippen MR) is 119 cm³/mol. The first-order chi connectivity index (χ1) is 15.3. The van der Waals surface area contributed by atoms with Crippen molar-refractivity contribution in [3.05, 3.63) is 77.6 Å². The molecule has 1 amide bonds. The molecule has 1 heterocycles. The number of nitrogens with zero attached hydrogens (tertiary/aromatic N) is 1. The number of methoxy groups -OCH3 is 2. The molecule has 0 saturated heterocycles. The fourth-order valence-electron chi connectivity index (χ4n) is 3.63. The minimum absolute atomic E-state index is 0.168. The van der Waals surface area contributed by atoms with Crippen LogP contribution in [0.15, 0.2) is 65.6 Å². The average Bonchev–Trinajstić information content (AvgIpc) is 3.24. The highest BCUT2D eigenvalue weighted by Gasteiger charge is 2.31. The first-order valence-electron chi connectivity index (χ1n) is 9.78. The topological polar surface area (TPSA) is 84.9 Å². The monoisotopic (exact) mass is 456 g/mol. The van der Waals surface area contributed by atoms with Gasteiger partial charge < -0.3 is 14.8 Å². The van der Waals surface area contributed by atoms with E-state index in [1.54, 1.807) is 24.3 Å². The van der Waals surface area contributed by atoms with Crippen LogP contribution in [-0.2, 0) is 16.4 Å². The summed E-state index contributed by atoms with van der Waals surface area (Å²) in [5.41, 5.74) is 1.37. The Morgan fingerprint density at radius 1 is 1.03 bits per heavy atom. The van der Waals surface area contributed by atoms with Crippen LogP contribution in [0, 0.1) is 5.82 Å². The maximum atomic E-state index is 14.5. The molecule has 0 atom stereocenters. The highest BCUT2D eigenvalue weighted by atomic mass is 32.2. The zero-order valence-electron chi connectivity index (χ0n) is 17.5. The number of carbonyl (C=O) groups is 1. The van der Waals surface area contributed by atoms with Crippen molar-refractivity contribution in [3.8, 4) is 11.5 Å². The van der Waals surface area contributed by atoms with Gasteiger partial charge in [0.2, 0.25) is 0 Å². The van der Waals surface area contributed by atoms with Gasteiger partial charge in [0, 0.05) is 12.6 Å². The lowest BCUT2D eigenvalue weighted by atomic mass is 10.2. The number of hydrogen-bond acceptors (Lipinski definition) is 5. The number of benzene rings is 3. The quantitative estimate of drug-likeness (QED) is 0.609. The van der Waals surface area contributed by atoms with E-state index < -0.39 is 27.3 Å². The summed E-state index contributed by atoms with van der Waals surface area (Å²) in [6, 6.07) is 15.2. The molecule has 32 heavy (non-hydrogen) atoms. The number of nitrogens with one attached hydrogen (secondary N) is 1. The van der Waals surface area contributed by atoms with Crippen molar-refractivity contribution in [2.24, 2.45) is 0 Å². The van der Waals surface area contributed by atoms with Crippen LogP contribution in [0.4, 0.5) is 15.8 Å². The van der Waals surface area contributed by atoms with E-state index in [-0.39, 0.29) is 17.1 Å². The fraction of sp³-hybridized carbons (Fsp3) is 0.174. The molecule has 0 spiro atoms. The Morgan fingerprint density at radius 3 is 2.56 bits per heavy atom. The predicted octanol–water partition coefficient (Wildman–Crippen LogP) is 3.85. The molecule has 1 aliphatic heterocycles. The van der Waals surface area contributed by atoms with Gasteiger partial charge >= 0.3 is 0 Å². The van der Waals surface area contributed by atoms with E-state index >= 15 is 0 Å². The Morgan fingerprint density at radius 2 is 1.81 bits per heavy atom. The second kappa shape index (κ2) is 8.51. The summed E-state index contributed by atoms with van der Waals surface area (Å²) < 4.78 is 52.7. The van der Waals surface area contributed by atoms with Crippen molar-refractivity contribution in [1.29, 1.82) is 0 Å². The number of halogens is 1. The summed E-state index contributed by atoms with van der Waals surface area (Å²) in [6.45, 7) is 0.279. The number of anilines is 2. The van der Waals surface area contributed by atoms with E-state index in [1.807, 2.05) is 12.1 Å². The average molecular weight is 456 g/mol. The molecule has 1 aliphatic rings. The molecule has 1 N–H and O–H groups in total. The standard InChI is InChI=1S/C23H21FN2O5S/c1-30-16-7-10-22(31-2)20(13-16)25-23(27)18-14-17(8-9-19(18)24)32(28,29)26-12-11-15-5-3-4-6-21(15)26/h3-10,13-14H,11-12H2,1-2H3,(H,25,27). The highest BCUT2D eigenvalue weighted by molar-refractivity contribution is 7.92. The van der Waals surface area contributed by atoms with E-state index in [0.29, 0.717) is 23.6 Å². The number of carbonyl (C=O) groups excluding carboxylic acids is 1. The molecule has 3 aromatic rings. The van der Waals surface area contributed by atoms with Crippen molar-refractivity contribution >= 4 is 27.3 Å². The largest absolute Gasteiger partial charge is 0.497 e. The van der Waals surface area contributed by atoms with Gasteiger partial charge in [-0.1, -0.05) is 18.2 Å². The van der Waals surface area contributed by atoms with Gasteiger partial charge in [-0.05, 0) is 48.4 Å². The summed E-state index contributed by atoms with van der Waals surface area (Å²) >= 11 is 0. The van der Waals surface area contributed by atoms with Crippen LogP contribution in [0.5, 0.6) is 11.5 Å². The molecule has 0 radical (unpaired) electrons. The molecular formula is C23H21FN2O5S. The Balaban J connectivity index is 1.67. The number of fused-ring (bicyclic) bond motifs is 1. The van der Waals surface area contributed by atoms with Crippen LogP contribution in [-0.4, -0.2) is 35.1 Å². The van der Waals surface area contributed by atoms with Gasteiger partial charge in [-0.15, -0.1) is 0 Å². The smallest absolute Gasteiger partial charge is 0.264 e. The van der Waals surface area contributed by atoms with Gasteiger partial charge in [0.05, 0.1) is 36.1 Å². The lowest BCUT2D eigenvalue weighted by Crippen LogP contribution is -2.29. The number of rotatable bonds is 6. The number of amides is 1. The summed E-state index contributed by atoms with van der Waals surface area (Å²) in [4.78, 5) is 12.7. The Labute approximate surface area is 185 Å². The van der Waals surface area contributed by atoms with Crippen molar-refractivity contribution in [2.45, 2.75) is 11.3 Å². The second-order valence-corrected chi connectivity index (χ2v) is 8.98. The molecule has 166 valence electrons. The number of hydrogen-bond donors (Lipinski definition) is 1. The molecule has 9 heteroatoms. The zero-order chi connectivity index (χ0) is 22.9. The van der Waals surface area contributed by atoms with Crippen LogP contribution in [0.3, 0.4) is 0 Å². The number of para-hydroxylation sites is 1. The second-order valence-electron chi connectivity index (χ2n) is 7.12. The Kier molecular flexibility index (Phi) is 5.75. The minimum Gasteiger partial charge on any atom is -0.497 e. The maximum absolute atomic E-state index is 14.5. The summed E-state index contributed by atoms with van der Waals surface area (Å²) in [6.07, 6.45) is 0.583. The SMILES string of the molecule is COc1ccc(OC)c(NC(=O)c2cc(S(=O)(=O)N3CCc4ccccc43)ccc2F)c1. The molecule has 0 aliphatic carbocycles. The van der Waals surface area contributed by atoms with Gasteiger partial charge in [0.15, 0.2) is 0 Å². The van der Waals surface area contributed by atoms with Gasteiger partial charge in [0.25, 0.3) is 15.9 Å². The molecule has 0 fully saturated rings. The summed E-state index contributed by atoms with van der Waals surface area (Å²) in [5.74, 6) is -0.847. The molecule has 7 nitrogen and oxygen atoms in total. The lowest BCUT2D eigenvalue weighted by molar-refractivity contribution is 0.102. The highest BCUT2D eigenvalue weighted by Crippen LogP contribution is 2.33. The normalized spacial score (nSPS) is 12.9. The van der Waals surface area contributed by atoms with E-state index in [9.17, 15) is 17.6 Å². The molecule has 0 aromatic heterocycles.